The molecule has 5 heteroatoms. The maximum absolute atomic E-state index is 11.5. The summed E-state index contributed by atoms with van der Waals surface area (Å²) in [6, 6.07) is 0. The van der Waals surface area contributed by atoms with Crippen LogP contribution in [-0.2, 0) is 14.3 Å². The molecule has 1 heterocycles. The van der Waals surface area contributed by atoms with Crippen molar-refractivity contribution in [1.29, 1.82) is 0 Å². The lowest BCUT2D eigenvalue weighted by Crippen LogP contribution is -2.39. The van der Waals surface area contributed by atoms with E-state index in [1.54, 1.807) is 4.90 Å². The third-order valence-corrected chi connectivity index (χ3v) is 2.51. The van der Waals surface area contributed by atoms with Gasteiger partial charge < -0.3 is 14.7 Å². The molecule has 0 aliphatic carbocycles. The van der Waals surface area contributed by atoms with Crippen molar-refractivity contribution >= 4 is 11.9 Å². The molecule has 1 unspecified atom stereocenters. The number of carboxylic acids is 1. The molecule has 15 heavy (non-hydrogen) atoms. The summed E-state index contributed by atoms with van der Waals surface area (Å²) in [5, 5.41) is 8.56. The molecule has 86 valence electrons. The van der Waals surface area contributed by atoms with Crippen molar-refractivity contribution in [3.05, 3.63) is 0 Å². The quantitative estimate of drug-likeness (QED) is 0.741. The standard InChI is InChI=1S/C10H17NO4/c1-8(10(13)14)15-7-9(12)11-5-3-2-4-6-11/h8H,2-7H2,1H3,(H,13,14). The highest BCUT2D eigenvalue weighted by molar-refractivity contribution is 5.78. The summed E-state index contributed by atoms with van der Waals surface area (Å²) in [4.78, 5) is 23.7. The van der Waals surface area contributed by atoms with Crippen molar-refractivity contribution in [1.82, 2.24) is 4.90 Å². The molecule has 1 amide bonds. The number of nitrogens with zero attached hydrogens (tertiary/aromatic N) is 1. The third-order valence-electron chi connectivity index (χ3n) is 2.51. The van der Waals surface area contributed by atoms with Crippen molar-refractivity contribution in [3.63, 3.8) is 0 Å². The predicted octanol–water partition coefficient (Wildman–Crippen LogP) is 0.489. The predicted molar refractivity (Wildman–Crippen MR) is 53.5 cm³/mol. The number of rotatable bonds is 4. The number of carbonyl (C=O) groups is 2. The first-order valence-electron chi connectivity index (χ1n) is 5.23. The van der Waals surface area contributed by atoms with Gasteiger partial charge in [0.2, 0.25) is 5.91 Å². The summed E-state index contributed by atoms with van der Waals surface area (Å²) >= 11 is 0. The van der Waals surface area contributed by atoms with Gasteiger partial charge in [0.25, 0.3) is 0 Å². The maximum Gasteiger partial charge on any atom is 0.332 e. The number of carboxylic acid groups (broad SMARTS) is 1. The smallest absolute Gasteiger partial charge is 0.332 e. The zero-order valence-corrected chi connectivity index (χ0v) is 8.94. The number of hydrogen-bond donors (Lipinski definition) is 1. The average Bonchev–Trinajstić information content (AvgIpc) is 2.26. The summed E-state index contributed by atoms with van der Waals surface area (Å²) < 4.78 is 4.93. The normalized spacial score (nSPS) is 18.6. The Bertz CT molecular complexity index is 236. The van der Waals surface area contributed by atoms with Crippen LogP contribution >= 0.6 is 0 Å². The molecule has 1 fully saturated rings. The lowest BCUT2D eigenvalue weighted by molar-refractivity contribution is -0.153. The highest BCUT2D eigenvalue weighted by Crippen LogP contribution is 2.08. The van der Waals surface area contributed by atoms with Gasteiger partial charge in [-0.1, -0.05) is 0 Å². The maximum atomic E-state index is 11.5. The van der Waals surface area contributed by atoms with Crippen molar-refractivity contribution in [2.24, 2.45) is 0 Å². The molecule has 1 N–H and O–H groups in total. The summed E-state index contributed by atoms with van der Waals surface area (Å²) in [6.45, 7) is 2.83. The fraction of sp³-hybridized carbons (Fsp3) is 0.800. The molecule has 0 aromatic carbocycles. The fourth-order valence-electron chi connectivity index (χ4n) is 1.50. The summed E-state index contributed by atoms with van der Waals surface area (Å²) in [7, 11) is 0. The number of ether oxygens (including phenoxy) is 1. The minimum Gasteiger partial charge on any atom is -0.479 e. The first-order valence-corrected chi connectivity index (χ1v) is 5.23. The molecule has 1 atom stereocenters. The lowest BCUT2D eigenvalue weighted by Gasteiger charge is -2.26. The highest BCUT2D eigenvalue weighted by atomic mass is 16.5. The van der Waals surface area contributed by atoms with E-state index in [9.17, 15) is 9.59 Å². The van der Waals surface area contributed by atoms with Crippen LogP contribution in [0.15, 0.2) is 0 Å². The van der Waals surface area contributed by atoms with E-state index in [1.807, 2.05) is 0 Å². The molecular weight excluding hydrogens is 198 g/mol. The van der Waals surface area contributed by atoms with E-state index >= 15 is 0 Å². The van der Waals surface area contributed by atoms with E-state index in [0.717, 1.165) is 32.4 Å². The van der Waals surface area contributed by atoms with E-state index in [2.05, 4.69) is 0 Å². The Morgan fingerprint density at radius 3 is 2.47 bits per heavy atom. The van der Waals surface area contributed by atoms with Crippen LogP contribution < -0.4 is 0 Å². The van der Waals surface area contributed by atoms with E-state index in [0.29, 0.717) is 0 Å². The van der Waals surface area contributed by atoms with Gasteiger partial charge in [-0.25, -0.2) is 4.79 Å². The van der Waals surface area contributed by atoms with Gasteiger partial charge in [0, 0.05) is 13.1 Å². The Hall–Kier alpha value is -1.10. The zero-order valence-electron chi connectivity index (χ0n) is 8.94. The highest BCUT2D eigenvalue weighted by Gasteiger charge is 2.19. The van der Waals surface area contributed by atoms with Crippen LogP contribution in [0.25, 0.3) is 0 Å². The van der Waals surface area contributed by atoms with Crippen LogP contribution in [0, 0.1) is 0 Å². The first-order chi connectivity index (χ1) is 7.11. The molecule has 0 radical (unpaired) electrons. The SMILES string of the molecule is CC(OCC(=O)N1CCCCC1)C(=O)O. The molecule has 5 nitrogen and oxygen atoms in total. The Balaban J connectivity index is 2.25. The third kappa shape index (κ3) is 3.87. The monoisotopic (exact) mass is 215 g/mol. The molecule has 1 aliphatic rings. The van der Waals surface area contributed by atoms with E-state index in [1.165, 1.54) is 6.92 Å². The Labute approximate surface area is 89.0 Å². The largest absolute Gasteiger partial charge is 0.479 e. The van der Waals surface area contributed by atoms with E-state index in [4.69, 9.17) is 9.84 Å². The molecule has 1 saturated heterocycles. The minimum absolute atomic E-state index is 0.109. The molecule has 0 bridgehead atoms. The van der Waals surface area contributed by atoms with E-state index in [-0.39, 0.29) is 12.5 Å². The second kappa shape index (κ2) is 5.70. The number of carbonyl (C=O) groups excluding carboxylic acids is 1. The van der Waals surface area contributed by atoms with Gasteiger partial charge in [-0.15, -0.1) is 0 Å². The number of piperidine rings is 1. The van der Waals surface area contributed by atoms with Crippen LogP contribution in [0.2, 0.25) is 0 Å². The van der Waals surface area contributed by atoms with Crippen LogP contribution in [0.3, 0.4) is 0 Å². The number of aliphatic carboxylic acids is 1. The molecule has 0 saturated carbocycles. The van der Waals surface area contributed by atoms with Gasteiger partial charge in [-0.2, -0.15) is 0 Å². The van der Waals surface area contributed by atoms with Gasteiger partial charge in [0.1, 0.15) is 6.61 Å². The number of amides is 1. The molecule has 0 aromatic rings. The topological polar surface area (TPSA) is 66.8 Å². The Morgan fingerprint density at radius 2 is 1.93 bits per heavy atom. The van der Waals surface area contributed by atoms with Crippen molar-refractivity contribution < 1.29 is 19.4 Å². The van der Waals surface area contributed by atoms with Crippen molar-refractivity contribution in [2.75, 3.05) is 19.7 Å². The molecule has 1 rings (SSSR count). The summed E-state index contributed by atoms with van der Waals surface area (Å²) in [6.07, 6.45) is 2.30. The second-order valence-electron chi connectivity index (χ2n) is 3.73. The molecule has 1 aliphatic heterocycles. The number of hydrogen-bond acceptors (Lipinski definition) is 3. The van der Waals surface area contributed by atoms with Gasteiger partial charge in [0.15, 0.2) is 6.10 Å². The Kier molecular flexibility index (Phi) is 4.55. The number of likely N-dealkylation sites (tertiary alicyclic amines) is 1. The van der Waals surface area contributed by atoms with Crippen LogP contribution in [0.1, 0.15) is 26.2 Å². The van der Waals surface area contributed by atoms with E-state index < -0.39 is 12.1 Å². The summed E-state index contributed by atoms with van der Waals surface area (Å²) in [5.74, 6) is -1.15. The fourth-order valence-corrected chi connectivity index (χ4v) is 1.50. The molecule has 0 spiro atoms. The van der Waals surface area contributed by atoms with Gasteiger partial charge in [-0.3, -0.25) is 4.79 Å². The van der Waals surface area contributed by atoms with Crippen LogP contribution in [-0.4, -0.2) is 47.7 Å². The average molecular weight is 215 g/mol. The van der Waals surface area contributed by atoms with Crippen LogP contribution in [0.5, 0.6) is 0 Å². The first kappa shape index (κ1) is 12.0. The lowest BCUT2D eigenvalue weighted by atomic mass is 10.1. The molecule has 0 aromatic heterocycles. The van der Waals surface area contributed by atoms with Crippen molar-refractivity contribution in [3.8, 4) is 0 Å². The van der Waals surface area contributed by atoms with Crippen molar-refractivity contribution in [2.45, 2.75) is 32.3 Å². The van der Waals surface area contributed by atoms with Gasteiger partial charge in [-0.05, 0) is 26.2 Å². The minimum atomic E-state index is -1.04. The zero-order chi connectivity index (χ0) is 11.3. The van der Waals surface area contributed by atoms with Gasteiger partial charge >= 0.3 is 5.97 Å². The molecular formula is C10H17NO4. The summed E-state index contributed by atoms with van der Waals surface area (Å²) in [5.41, 5.74) is 0. The van der Waals surface area contributed by atoms with Gasteiger partial charge in [0.05, 0.1) is 0 Å². The second-order valence-corrected chi connectivity index (χ2v) is 3.73. The Morgan fingerprint density at radius 1 is 1.33 bits per heavy atom. The van der Waals surface area contributed by atoms with Crippen LogP contribution in [0.4, 0.5) is 0 Å².